The van der Waals surface area contributed by atoms with Crippen molar-refractivity contribution in [3.05, 3.63) is 120 Å². The lowest BCUT2D eigenvalue weighted by Crippen LogP contribution is -2.65. The third-order valence-electron chi connectivity index (χ3n) is 8.98. The molecule has 0 radical (unpaired) electrons. The molecule has 4 aromatic rings. The Morgan fingerprint density at radius 3 is 1.29 bits per heavy atom. The van der Waals surface area contributed by atoms with E-state index in [1.165, 1.54) is 10.4 Å². The minimum absolute atomic E-state index is 0.162. The second-order valence-electron chi connectivity index (χ2n) is 12.6. The smallest absolute Gasteiger partial charge is 0.308 e. The average molecular weight is 694 g/mol. The number of carboxylic acid groups (broad SMARTS) is 1. The van der Waals surface area contributed by atoms with Crippen LogP contribution in [0, 0.1) is 23.7 Å². The maximum absolute atomic E-state index is 14.3. The molecule has 1 saturated carbocycles. The van der Waals surface area contributed by atoms with Gasteiger partial charge in [-0.05, 0) is 72.5 Å². The number of hydroxylamine groups is 1. The zero-order valence-electron chi connectivity index (χ0n) is 28.7. The summed E-state index contributed by atoms with van der Waals surface area (Å²) >= 11 is 0. The summed E-state index contributed by atoms with van der Waals surface area (Å²) in [6.07, 6.45) is 1.16. The molecule has 0 unspecified atom stereocenters. The number of amides is 3. The highest BCUT2D eigenvalue weighted by Gasteiger charge is 2.64. The summed E-state index contributed by atoms with van der Waals surface area (Å²) in [6, 6.07) is 33.1. The van der Waals surface area contributed by atoms with Crippen molar-refractivity contribution in [2.24, 2.45) is 23.7 Å². The summed E-state index contributed by atoms with van der Waals surface area (Å²) in [5, 5.41) is 19.8. The summed E-state index contributed by atoms with van der Waals surface area (Å²) in [7, 11) is 0. The predicted octanol–water partition coefficient (Wildman–Crippen LogP) is 6.52. The quantitative estimate of drug-likeness (QED) is 0.0889. The van der Waals surface area contributed by atoms with E-state index in [9.17, 15) is 29.5 Å². The molecule has 11 heteroatoms. The van der Waals surface area contributed by atoms with E-state index in [1.54, 1.807) is 29.2 Å². The van der Waals surface area contributed by atoms with Crippen LogP contribution in [0.15, 0.2) is 109 Å². The van der Waals surface area contributed by atoms with Gasteiger partial charge < -0.3 is 24.4 Å². The Morgan fingerprint density at radius 2 is 0.941 bits per heavy atom. The van der Waals surface area contributed by atoms with Crippen LogP contribution in [0.2, 0.25) is 0 Å². The first-order valence-corrected chi connectivity index (χ1v) is 17.1. The molecular formula is C40H43N3O8. The summed E-state index contributed by atoms with van der Waals surface area (Å²) in [5.74, 6) is -6.42. The summed E-state index contributed by atoms with van der Waals surface area (Å²) in [5.41, 5.74) is 3.10. The van der Waals surface area contributed by atoms with E-state index in [4.69, 9.17) is 9.47 Å². The number of nitrogens with one attached hydrogen (secondary N) is 1. The van der Waals surface area contributed by atoms with Crippen LogP contribution in [0.25, 0.3) is 0 Å². The number of ether oxygens (including phenoxy) is 2. The Labute approximate surface area is 297 Å². The molecule has 0 spiro atoms. The van der Waals surface area contributed by atoms with Crippen molar-refractivity contribution >= 4 is 23.7 Å². The first kappa shape index (κ1) is 36.6. The molecule has 1 aliphatic carbocycles. The number of rotatable bonds is 16. The minimum Gasteiger partial charge on any atom is -0.481 e. The van der Waals surface area contributed by atoms with Crippen molar-refractivity contribution in [3.8, 4) is 23.0 Å². The Bertz CT molecular complexity index is 1770. The highest BCUT2D eigenvalue weighted by atomic mass is 16.5. The number of aliphatic carboxylic acids is 1. The van der Waals surface area contributed by atoms with Crippen molar-refractivity contribution in [1.29, 1.82) is 0 Å². The van der Waals surface area contributed by atoms with Gasteiger partial charge in [-0.15, -0.1) is 0 Å². The fourth-order valence-corrected chi connectivity index (χ4v) is 6.58. The highest BCUT2D eigenvalue weighted by molar-refractivity contribution is 6.01. The SMILES string of the molecule is CCCN(Cc1ccc(Oc2ccccc2)cc1)C(=O)[C@H]1[C@@H](C(=O)O)[C@H](C(=O)NO)[C@@H]1C(=O)N(CCC)Cc1ccc(Oc2ccccc2)cc1. The highest BCUT2D eigenvalue weighted by Crippen LogP contribution is 2.49. The molecule has 266 valence electrons. The van der Waals surface area contributed by atoms with Crippen LogP contribution in [0.5, 0.6) is 23.0 Å². The molecular weight excluding hydrogens is 650 g/mol. The average Bonchev–Trinajstić information content (AvgIpc) is 3.13. The van der Waals surface area contributed by atoms with Gasteiger partial charge >= 0.3 is 5.97 Å². The molecule has 3 N–H and O–H groups in total. The third kappa shape index (κ3) is 8.92. The Balaban J connectivity index is 1.36. The van der Waals surface area contributed by atoms with E-state index in [1.807, 2.05) is 98.8 Å². The Morgan fingerprint density at radius 1 is 0.569 bits per heavy atom. The molecule has 5 rings (SSSR count). The van der Waals surface area contributed by atoms with Crippen LogP contribution in [0.3, 0.4) is 0 Å². The second kappa shape index (κ2) is 17.3. The fraction of sp³-hybridized carbons (Fsp3) is 0.300. The first-order chi connectivity index (χ1) is 24.7. The van der Waals surface area contributed by atoms with E-state index >= 15 is 0 Å². The zero-order chi connectivity index (χ0) is 36.3. The third-order valence-corrected chi connectivity index (χ3v) is 8.98. The van der Waals surface area contributed by atoms with Gasteiger partial charge in [0, 0.05) is 26.2 Å². The standard InChI is InChI=1S/C40H43N3O8/c1-3-23-42(25-27-15-19-31(20-16-27)50-29-11-7-5-8-12-29)38(45)34-33(37(44)41-49)36(40(47)48)35(34)39(46)43(24-4-2)26-28-17-21-32(22-18-28)51-30-13-9-6-10-14-30/h5-22,33-36,49H,3-4,23-26H2,1-2H3,(H,41,44)(H,47,48)/t33-,34+,35-,36+/m1/s1. The Hall–Kier alpha value is -5.68. The zero-order valence-corrected chi connectivity index (χ0v) is 28.7. The first-order valence-electron chi connectivity index (χ1n) is 17.1. The van der Waals surface area contributed by atoms with Crippen molar-refractivity contribution in [2.45, 2.75) is 39.8 Å². The molecule has 4 atom stereocenters. The van der Waals surface area contributed by atoms with Gasteiger partial charge in [0.2, 0.25) is 17.7 Å². The number of benzene rings is 4. The van der Waals surface area contributed by atoms with Gasteiger partial charge in [-0.3, -0.25) is 24.4 Å². The Kier molecular flexibility index (Phi) is 12.4. The number of carbonyl (C=O) groups excluding carboxylic acids is 3. The van der Waals surface area contributed by atoms with E-state index in [-0.39, 0.29) is 13.1 Å². The maximum Gasteiger partial charge on any atom is 0.308 e. The van der Waals surface area contributed by atoms with Crippen LogP contribution >= 0.6 is 0 Å². The van der Waals surface area contributed by atoms with E-state index in [0.29, 0.717) is 48.9 Å². The van der Waals surface area contributed by atoms with Gasteiger partial charge in [0.15, 0.2) is 0 Å². The van der Waals surface area contributed by atoms with Gasteiger partial charge in [-0.1, -0.05) is 74.5 Å². The topological polar surface area (TPSA) is 146 Å². The molecule has 0 bridgehead atoms. The summed E-state index contributed by atoms with van der Waals surface area (Å²) in [4.78, 5) is 57.2. The van der Waals surface area contributed by atoms with Gasteiger partial charge in [-0.2, -0.15) is 0 Å². The molecule has 1 fully saturated rings. The van der Waals surface area contributed by atoms with Gasteiger partial charge in [0.25, 0.3) is 0 Å². The number of nitrogens with zero attached hydrogens (tertiary/aromatic N) is 2. The van der Waals surface area contributed by atoms with Crippen molar-refractivity contribution in [1.82, 2.24) is 15.3 Å². The van der Waals surface area contributed by atoms with E-state index in [0.717, 1.165) is 11.1 Å². The largest absolute Gasteiger partial charge is 0.481 e. The minimum atomic E-state index is -1.50. The molecule has 1 aliphatic rings. The molecule has 51 heavy (non-hydrogen) atoms. The lowest BCUT2D eigenvalue weighted by molar-refractivity contribution is -0.184. The summed E-state index contributed by atoms with van der Waals surface area (Å²) in [6.45, 7) is 4.73. The second-order valence-corrected chi connectivity index (χ2v) is 12.6. The lowest BCUT2D eigenvalue weighted by Gasteiger charge is -2.49. The molecule has 4 aromatic carbocycles. The van der Waals surface area contributed by atoms with Crippen molar-refractivity contribution in [2.75, 3.05) is 13.1 Å². The van der Waals surface area contributed by atoms with Crippen LogP contribution in [0.4, 0.5) is 0 Å². The van der Waals surface area contributed by atoms with Crippen LogP contribution in [-0.4, -0.2) is 56.9 Å². The predicted molar refractivity (Wildman–Crippen MR) is 189 cm³/mol. The molecule has 0 aromatic heterocycles. The number of carboxylic acids is 1. The van der Waals surface area contributed by atoms with Crippen LogP contribution in [-0.2, 0) is 32.3 Å². The molecule has 0 heterocycles. The summed E-state index contributed by atoms with van der Waals surface area (Å²) < 4.78 is 11.8. The van der Waals surface area contributed by atoms with Crippen molar-refractivity contribution in [3.63, 3.8) is 0 Å². The lowest BCUT2D eigenvalue weighted by atomic mass is 9.55. The van der Waals surface area contributed by atoms with Gasteiger partial charge in [0.1, 0.15) is 23.0 Å². The molecule has 11 nitrogen and oxygen atoms in total. The normalized spacial score (nSPS) is 17.8. The molecule has 3 amide bonds. The number of hydrogen-bond donors (Lipinski definition) is 3. The molecule has 0 aliphatic heterocycles. The molecule has 0 saturated heterocycles. The van der Waals surface area contributed by atoms with Gasteiger partial charge in [0.05, 0.1) is 23.7 Å². The monoisotopic (exact) mass is 693 g/mol. The van der Waals surface area contributed by atoms with Crippen LogP contribution in [0.1, 0.15) is 37.8 Å². The maximum atomic E-state index is 14.3. The number of carbonyl (C=O) groups is 4. The van der Waals surface area contributed by atoms with Gasteiger partial charge in [-0.25, -0.2) is 5.48 Å². The van der Waals surface area contributed by atoms with Crippen LogP contribution < -0.4 is 15.0 Å². The number of hydrogen-bond acceptors (Lipinski definition) is 7. The number of para-hydroxylation sites is 2. The van der Waals surface area contributed by atoms with E-state index < -0.39 is 47.4 Å². The van der Waals surface area contributed by atoms with E-state index in [2.05, 4.69) is 0 Å². The van der Waals surface area contributed by atoms with Crippen molar-refractivity contribution < 1.29 is 39.0 Å². The fourth-order valence-electron chi connectivity index (χ4n) is 6.58.